The van der Waals surface area contributed by atoms with Crippen molar-refractivity contribution in [3.63, 3.8) is 0 Å². The van der Waals surface area contributed by atoms with Gasteiger partial charge < -0.3 is 10.1 Å². The second-order valence-corrected chi connectivity index (χ2v) is 8.45. The fourth-order valence-corrected chi connectivity index (χ4v) is 5.02. The van der Waals surface area contributed by atoms with E-state index in [1.54, 1.807) is 11.3 Å². The van der Waals surface area contributed by atoms with Gasteiger partial charge in [0.25, 0.3) is 5.91 Å². The lowest BCUT2D eigenvalue weighted by Crippen LogP contribution is -2.32. The van der Waals surface area contributed by atoms with Crippen molar-refractivity contribution in [1.29, 1.82) is 0 Å². The predicted octanol–water partition coefficient (Wildman–Crippen LogP) is 4.43. The summed E-state index contributed by atoms with van der Waals surface area (Å²) in [4.78, 5) is 29.6. The van der Waals surface area contributed by atoms with Gasteiger partial charge in [-0.05, 0) is 30.5 Å². The molecule has 2 atom stereocenters. The van der Waals surface area contributed by atoms with E-state index < -0.39 is 0 Å². The number of carbonyl (C=O) groups excluding carboxylic acids is 2. The number of nitrogens with one attached hydrogen (secondary N) is 1. The molecule has 2 aromatic carbocycles. The molecule has 1 saturated carbocycles. The van der Waals surface area contributed by atoms with Crippen molar-refractivity contribution in [2.45, 2.75) is 38.1 Å². The fraction of sp³-hybridized carbons (Fsp3) is 0.348. The van der Waals surface area contributed by atoms with Crippen molar-refractivity contribution in [3.8, 4) is 0 Å². The summed E-state index contributed by atoms with van der Waals surface area (Å²) in [5.74, 6) is -0.731. The lowest BCUT2D eigenvalue weighted by Gasteiger charge is -2.28. The highest BCUT2D eigenvalue weighted by atomic mass is 32.1. The molecule has 0 unspecified atom stereocenters. The van der Waals surface area contributed by atoms with E-state index >= 15 is 0 Å². The maximum Gasteiger partial charge on any atom is 0.310 e. The van der Waals surface area contributed by atoms with Crippen LogP contribution in [0, 0.1) is 5.92 Å². The Balaban J connectivity index is 1.35. The smallest absolute Gasteiger partial charge is 0.310 e. The number of esters is 1. The molecule has 150 valence electrons. The van der Waals surface area contributed by atoms with E-state index in [9.17, 15) is 9.59 Å². The summed E-state index contributed by atoms with van der Waals surface area (Å²) in [5.41, 5.74) is 1.99. The summed E-state index contributed by atoms with van der Waals surface area (Å²) in [6.45, 7) is 0.184. The third kappa shape index (κ3) is 4.82. The van der Waals surface area contributed by atoms with Crippen LogP contribution in [-0.4, -0.2) is 23.5 Å². The first-order valence-electron chi connectivity index (χ1n) is 10.0. The molecule has 1 aromatic heterocycles. The van der Waals surface area contributed by atoms with Crippen molar-refractivity contribution < 1.29 is 14.3 Å². The van der Waals surface area contributed by atoms with Crippen molar-refractivity contribution >= 4 is 33.4 Å². The van der Waals surface area contributed by atoms with Gasteiger partial charge in [-0.3, -0.25) is 9.59 Å². The zero-order chi connectivity index (χ0) is 20.1. The average Bonchev–Trinajstić information content (AvgIpc) is 3.21. The lowest BCUT2D eigenvalue weighted by molar-refractivity contribution is -0.154. The van der Waals surface area contributed by atoms with Gasteiger partial charge in [-0.2, -0.15) is 0 Å². The van der Waals surface area contributed by atoms with Crippen LogP contribution in [0.1, 0.15) is 42.2 Å². The first-order valence-corrected chi connectivity index (χ1v) is 10.8. The highest BCUT2D eigenvalue weighted by Crippen LogP contribution is 2.41. The molecular formula is C23H24N2O3S. The third-order valence-corrected chi connectivity index (χ3v) is 6.54. The summed E-state index contributed by atoms with van der Waals surface area (Å²) in [6, 6.07) is 17.7. The summed E-state index contributed by atoms with van der Waals surface area (Å²) in [7, 11) is 0. The van der Waals surface area contributed by atoms with E-state index in [1.807, 2.05) is 48.5 Å². The summed E-state index contributed by atoms with van der Waals surface area (Å²) in [5, 5.41) is 3.79. The maximum absolute atomic E-state index is 12.8. The number of rotatable bonds is 6. The third-order valence-electron chi connectivity index (χ3n) is 5.37. The van der Waals surface area contributed by atoms with Crippen molar-refractivity contribution in [1.82, 2.24) is 10.3 Å². The van der Waals surface area contributed by atoms with Crippen LogP contribution in [0.4, 0.5) is 0 Å². The van der Waals surface area contributed by atoms with E-state index in [-0.39, 0.29) is 30.3 Å². The number of aromatic nitrogens is 1. The summed E-state index contributed by atoms with van der Waals surface area (Å²) in [6.07, 6.45) is 3.80. The Hall–Kier alpha value is -2.73. The maximum atomic E-state index is 12.8. The second-order valence-electron chi connectivity index (χ2n) is 7.39. The van der Waals surface area contributed by atoms with Crippen LogP contribution in [0.2, 0.25) is 0 Å². The number of ether oxygens (including phenoxy) is 1. The van der Waals surface area contributed by atoms with Crippen LogP contribution >= 0.6 is 11.3 Å². The van der Waals surface area contributed by atoms with Crippen LogP contribution in [0.3, 0.4) is 0 Å². The number of hydrogen-bond acceptors (Lipinski definition) is 5. The molecule has 6 heteroatoms. The number of amides is 1. The van der Waals surface area contributed by atoms with E-state index in [0.717, 1.165) is 46.5 Å². The van der Waals surface area contributed by atoms with Crippen molar-refractivity contribution in [2.75, 3.05) is 6.61 Å². The molecule has 4 rings (SSSR count). The molecule has 0 bridgehead atoms. The number of para-hydroxylation sites is 1. The van der Waals surface area contributed by atoms with Crippen LogP contribution in [0.15, 0.2) is 54.6 Å². The van der Waals surface area contributed by atoms with E-state index in [4.69, 9.17) is 9.72 Å². The van der Waals surface area contributed by atoms with Crippen molar-refractivity contribution in [3.05, 3.63) is 65.2 Å². The Morgan fingerprint density at radius 2 is 1.79 bits per heavy atom. The first kappa shape index (κ1) is 19.6. The van der Waals surface area contributed by atoms with Gasteiger partial charge in [0.2, 0.25) is 0 Å². The minimum Gasteiger partial charge on any atom is -0.455 e. The van der Waals surface area contributed by atoms with Gasteiger partial charge in [-0.1, -0.05) is 55.3 Å². The molecule has 3 aromatic rings. The quantitative estimate of drug-likeness (QED) is 0.613. The Labute approximate surface area is 174 Å². The van der Waals surface area contributed by atoms with E-state index in [2.05, 4.69) is 11.4 Å². The Morgan fingerprint density at radius 3 is 2.62 bits per heavy atom. The molecule has 1 heterocycles. The van der Waals surface area contributed by atoms with Crippen LogP contribution in [0.25, 0.3) is 10.2 Å². The topological polar surface area (TPSA) is 68.3 Å². The normalized spacial score (nSPS) is 19.0. The van der Waals surface area contributed by atoms with Gasteiger partial charge in [0.05, 0.1) is 21.1 Å². The highest BCUT2D eigenvalue weighted by Gasteiger charge is 2.35. The van der Waals surface area contributed by atoms with Gasteiger partial charge in [0, 0.05) is 12.5 Å². The summed E-state index contributed by atoms with van der Waals surface area (Å²) >= 11 is 1.66. The molecule has 5 nitrogen and oxygen atoms in total. The molecular weight excluding hydrogens is 384 g/mol. The number of thiazole rings is 1. The van der Waals surface area contributed by atoms with E-state index in [0.29, 0.717) is 6.54 Å². The first-order chi connectivity index (χ1) is 14.2. The highest BCUT2D eigenvalue weighted by molar-refractivity contribution is 7.18. The zero-order valence-corrected chi connectivity index (χ0v) is 17.0. The molecule has 0 radical (unpaired) electrons. The average molecular weight is 409 g/mol. The zero-order valence-electron chi connectivity index (χ0n) is 16.2. The Morgan fingerprint density at radius 1 is 1.03 bits per heavy atom. The number of fused-ring (bicyclic) bond motifs is 1. The Bertz CT molecular complexity index is 953. The standard InChI is InChI=1S/C23H24N2O3S/c26-21(24-14-16-8-2-1-3-9-16)15-28-23(27)18-11-5-4-10-17(18)22-25-19-12-6-7-13-20(19)29-22/h1-3,6-9,12-13,17-18H,4-5,10-11,14-15H2,(H,24,26)/t17-,18-/m1/s1. The van der Waals surface area contributed by atoms with Gasteiger partial charge in [-0.15, -0.1) is 11.3 Å². The van der Waals surface area contributed by atoms with Crippen LogP contribution in [-0.2, 0) is 20.9 Å². The molecule has 0 aliphatic heterocycles. The minimum atomic E-state index is -0.288. The lowest BCUT2D eigenvalue weighted by atomic mass is 9.79. The number of hydrogen-bond donors (Lipinski definition) is 1. The number of benzene rings is 2. The molecule has 1 N–H and O–H groups in total. The molecule has 0 saturated heterocycles. The SMILES string of the molecule is O=C(COC(=O)[C@@H]1CCCC[C@H]1c1nc2ccccc2s1)NCc1ccccc1. The monoisotopic (exact) mass is 408 g/mol. The molecule has 0 spiro atoms. The predicted molar refractivity (Wildman–Crippen MR) is 114 cm³/mol. The van der Waals surface area contributed by atoms with Crippen LogP contribution in [0.5, 0.6) is 0 Å². The minimum absolute atomic E-state index is 0.0704. The largest absolute Gasteiger partial charge is 0.455 e. The van der Waals surface area contributed by atoms with Gasteiger partial charge in [-0.25, -0.2) is 4.98 Å². The Kier molecular flexibility index (Phi) is 6.20. The van der Waals surface area contributed by atoms with Crippen LogP contribution < -0.4 is 5.32 Å². The van der Waals surface area contributed by atoms with Gasteiger partial charge >= 0.3 is 5.97 Å². The molecule has 1 aliphatic rings. The van der Waals surface area contributed by atoms with Gasteiger partial charge in [0.1, 0.15) is 0 Å². The molecule has 1 fully saturated rings. The molecule has 1 amide bonds. The summed E-state index contributed by atoms with van der Waals surface area (Å²) < 4.78 is 6.52. The number of nitrogens with zero attached hydrogens (tertiary/aromatic N) is 1. The van der Waals surface area contributed by atoms with E-state index in [1.165, 1.54) is 0 Å². The van der Waals surface area contributed by atoms with Crippen molar-refractivity contribution in [2.24, 2.45) is 5.92 Å². The molecule has 1 aliphatic carbocycles. The number of carbonyl (C=O) groups is 2. The fourth-order valence-electron chi connectivity index (χ4n) is 3.85. The molecule has 29 heavy (non-hydrogen) atoms. The van der Waals surface area contributed by atoms with Gasteiger partial charge in [0.15, 0.2) is 6.61 Å². The second kappa shape index (κ2) is 9.18.